The van der Waals surface area contributed by atoms with Crippen molar-refractivity contribution in [2.45, 2.75) is 6.54 Å². The normalized spacial score (nSPS) is 10.4. The highest BCUT2D eigenvalue weighted by molar-refractivity contribution is 9.11. The molecule has 0 fully saturated rings. The van der Waals surface area contributed by atoms with Gasteiger partial charge in [0.15, 0.2) is 5.69 Å². The smallest absolute Gasteiger partial charge is 0.356 e. The van der Waals surface area contributed by atoms with Crippen molar-refractivity contribution in [1.82, 2.24) is 14.9 Å². The van der Waals surface area contributed by atoms with Crippen molar-refractivity contribution >= 4 is 43.7 Å². The van der Waals surface area contributed by atoms with Gasteiger partial charge in [-0.1, -0.05) is 31.9 Å². The van der Waals surface area contributed by atoms with Gasteiger partial charge in [-0.25, -0.2) is 9.78 Å². The summed E-state index contributed by atoms with van der Waals surface area (Å²) in [6.45, 7) is 0.819. The van der Waals surface area contributed by atoms with Crippen LogP contribution in [0, 0.1) is 0 Å². The van der Waals surface area contributed by atoms with Gasteiger partial charge in [-0.15, -0.1) is 0 Å². The molecule has 1 heterocycles. The maximum atomic E-state index is 12.0. The zero-order valence-electron chi connectivity index (χ0n) is 10.7. The molecule has 0 aliphatic rings. The van der Waals surface area contributed by atoms with Crippen LogP contribution >= 0.6 is 31.9 Å². The number of imidazole rings is 1. The van der Waals surface area contributed by atoms with E-state index in [9.17, 15) is 9.59 Å². The lowest BCUT2D eigenvalue weighted by atomic mass is 10.2. The molecular formula is C13H11Br2N3O3. The van der Waals surface area contributed by atoms with Gasteiger partial charge in [0, 0.05) is 33.8 Å². The third-order valence-electron chi connectivity index (χ3n) is 2.63. The molecule has 1 aromatic carbocycles. The lowest BCUT2D eigenvalue weighted by Gasteiger charge is -2.06. The van der Waals surface area contributed by atoms with Crippen LogP contribution in [0.1, 0.15) is 20.8 Å². The summed E-state index contributed by atoms with van der Waals surface area (Å²) < 4.78 is 3.23. The lowest BCUT2D eigenvalue weighted by Crippen LogP contribution is -2.27. The highest BCUT2D eigenvalue weighted by Crippen LogP contribution is 2.19. The summed E-state index contributed by atoms with van der Waals surface area (Å²) in [5, 5.41) is 11.5. The number of carboxylic acids is 1. The average molecular weight is 417 g/mol. The van der Waals surface area contributed by atoms with Crippen molar-refractivity contribution < 1.29 is 14.7 Å². The van der Waals surface area contributed by atoms with Gasteiger partial charge >= 0.3 is 5.97 Å². The van der Waals surface area contributed by atoms with Gasteiger partial charge in [-0.05, 0) is 18.2 Å². The first kappa shape index (κ1) is 15.7. The van der Waals surface area contributed by atoms with E-state index in [4.69, 9.17) is 5.11 Å². The van der Waals surface area contributed by atoms with Gasteiger partial charge in [0.25, 0.3) is 5.91 Å². The second kappa shape index (κ2) is 6.86. The quantitative estimate of drug-likeness (QED) is 0.784. The molecule has 1 amide bonds. The van der Waals surface area contributed by atoms with Gasteiger partial charge in [0.2, 0.25) is 0 Å². The summed E-state index contributed by atoms with van der Waals surface area (Å²) in [4.78, 5) is 26.4. The molecular weight excluding hydrogens is 406 g/mol. The molecule has 2 aromatic rings. The number of carbonyl (C=O) groups is 2. The van der Waals surface area contributed by atoms with E-state index < -0.39 is 5.97 Å². The van der Waals surface area contributed by atoms with Crippen molar-refractivity contribution in [2.24, 2.45) is 0 Å². The predicted molar refractivity (Wildman–Crippen MR) is 83.4 cm³/mol. The van der Waals surface area contributed by atoms with E-state index in [0.29, 0.717) is 18.7 Å². The summed E-state index contributed by atoms with van der Waals surface area (Å²) in [5.41, 5.74) is 0.519. The van der Waals surface area contributed by atoms with Crippen LogP contribution in [-0.4, -0.2) is 33.1 Å². The SMILES string of the molecule is O=C(NCCn1cnc(C(=O)O)c1)c1cc(Br)cc(Br)c1. The maximum absolute atomic E-state index is 12.0. The highest BCUT2D eigenvalue weighted by atomic mass is 79.9. The molecule has 0 spiro atoms. The number of aromatic nitrogens is 2. The van der Waals surface area contributed by atoms with E-state index in [1.165, 1.54) is 12.5 Å². The Balaban J connectivity index is 1.90. The molecule has 1 aromatic heterocycles. The van der Waals surface area contributed by atoms with Crippen LogP contribution < -0.4 is 5.32 Å². The summed E-state index contributed by atoms with van der Waals surface area (Å²) in [6.07, 6.45) is 2.84. The largest absolute Gasteiger partial charge is 0.476 e. The first-order valence-electron chi connectivity index (χ1n) is 5.95. The molecule has 110 valence electrons. The van der Waals surface area contributed by atoms with Crippen molar-refractivity contribution in [3.8, 4) is 0 Å². The summed E-state index contributed by atoms with van der Waals surface area (Å²) in [6, 6.07) is 5.29. The Hall–Kier alpha value is -1.67. The number of halogens is 2. The summed E-state index contributed by atoms with van der Waals surface area (Å²) in [7, 11) is 0. The molecule has 0 atom stereocenters. The molecule has 0 aliphatic heterocycles. The van der Waals surface area contributed by atoms with E-state index in [1.54, 1.807) is 16.7 Å². The molecule has 6 nitrogen and oxygen atoms in total. The lowest BCUT2D eigenvalue weighted by molar-refractivity contribution is 0.0690. The first-order valence-corrected chi connectivity index (χ1v) is 7.53. The van der Waals surface area contributed by atoms with Crippen molar-refractivity contribution in [1.29, 1.82) is 0 Å². The Bertz CT molecular complexity index is 665. The fraction of sp³-hybridized carbons (Fsp3) is 0.154. The minimum Gasteiger partial charge on any atom is -0.476 e. The monoisotopic (exact) mass is 415 g/mol. The molecule has 21 heavy (non-hydrogen) atoms. The Morgan fingerprint density at radius 3 is 2.48 bits per heavy atom. The molecule has 0 saturated carbocycles. The van der Waals surface area contributed by atoms with Crippen molar-refractivity contribution in [3.63, 3.8) is 0 Å². The van der Waals surface area contributed by atoms with Gasteiger partial charge in [-0.3, -0.25) is 4.79 Å². The molecule has 0 unspecified atom stereocenters. The second-order valence-corrected chi connectivity index (χ2v) is 6.05. The molecule has 0 radical (unpaired) electrons. The van der Waals surface area contributed by atoms with E-state index >= 15 is 0 Å². The van der Waals surface area contributed by atoms with E-state index in [-0.39, 0.29) is 11.6 Å². The number of nitrogens with one attached hydrogen (secondary N) is 1. The van der Waals surface area contributed by atoms with E-state index in [0.717, 1.165) is 8.95 Å². The Morgan fingerprint density at radius 2 is 1.90 bits per heavy atom. The third-order valence-corrected chi connectivity index (χ3v) is 3.55. The van der Waals surface area contributed by atoms with Gasteiger partial charge < -0.3 is 15.0 Å². The van der Waals surface area contributed by atoms with Crippen LogP contribution in [0.25, 0.3) is 0 Å². The average Bonchev–Trinajstić information content (AvgIpc) is 2.86. The number of carbonyl (C=O) groups excluding carboxylic acids is 1. The molecule has 2 N–H and O–H groups in total. The Morgan fingerprint density at radius 1 is 1.24 bits per heavy atom. The zero-order valence-corrected chi connectivity index (χ0v) is 13.9. The van der Waals surface area contributed by atoms with E-state index in [2.05, 4.69) is 42.2 Å². The number of rotatable bonds is 5. The number of amides is 1. The van der Waals surface area contributed by atoms with Crippen molar-refractivity contribution in [2.75, 3.05) is 6.54 Å². The van der Waals surface area contributed by atoms with Crippen LogP contribution in [0.4, 0.5) is 0 Å². The van der Waals surface area contributed by atoms with Gasteiger partial charge in [-0.2, -0.15) is 0 Å². The standard InChI is InChI=1S/C13H11Br2N3O3/c14-9-3-8(4-10(15)5-9)12(19)16-1-2-18-6-11(13(20)21)17-7-18/h3-7H,1-2H2,(H,16,19)(H,20,21). The van der Waals surface area contributed by atoms with Crippen LogP contribution in [-0.2, 0) is 6.54 Å². The maximum Gasteiger partial charge on any atom is 0.356 e. The number of aromatic carboxylic acids is 1. The summed E-state index contributed by atoms with van der Waals surface area (Å²) in [5.74, 6) is -1.27. The number of hydrogen-bond acceptors (Lipinski definition) is 3. The number of nitrogens with zero attached hydrogens (tertiary/aromatic N) is 2. The second-order valence-electron chi connectivity index (χ2n) is 4.22. The van der Waals surface area contributed by atoms with Crippen molar-refractivity contribution in [3.05, 3.63) is 50.9 Å². The highest BCUT2D eigenvalue weighted by Gasteiger charge is 2.08. The molecule has 8 heteroatoms. The van der Waals surface area contributed by atoms with Gasteiger partial charge in [0.1, 0.15) is 0 Å². The van der Waals surface area contributed by atoms with Crippen LogP contribution in [0.5, 0.6) is 0 Å². The summed E-state index contributed by atoms with van der Waals surface area (Å²) >= 11 is 6.65. The number of hydrogen-bond donors (Lipinski definition) is 2. The molecule has 0 bridgehead atoms. The van der Waals surface area contributed by atoms with Crippen LogP contribution in [0.3, 0.4) is 0 Å². The Labute approximate surface area is 137 Å². The Kier molecular flexibility index (Phi) is 5.13. The topological polar surface area (TPSA) is 84.2 Å². The minimum absolute atomic E-state index is 0.0164. The van der Waals surface area contributed by atoms with E-state index in [1.807, 2.05) is 6.07 Å². The zero-order chi connectivity index (χ0) is 15.4. The van der Waals surface area contributed by atoms with Gasteiger partial charge in [0.05, 0.1) is 6.33 Å². The van der Waals surface area contributed by atoms with Crippen LogP contribution in [0.15, 0.2) is 39.7 Å². The van der Waals surface area contributed by atoms with Crippen LogP contribution in [0.2, 0.25) is 0 Å². The number of carboxylic acid groups (broad SMARTS) is 1. The number of benzene rings is 1. The first-order chi connectivity index (χ1) is 9.95. The fourth-order valence-electron chi connectivity index (χ4n) is 1.68. The predicted octanol–water partition coefficient (Wildman–Crippen LogP) is 2.54. The molecule has 0 aliphatic carbocycles. The molecule has 2 rings (SSSR count). The minimum atomic E-state index is -1.07. The third kappa shape index (κ3) is 4.40. The molecule has 0 saturated heterocycles. The fourth-order valence-corrected chi connectivity index (χ4v) is 2.97.